The first-order valence-electron chi connectivity index (χ1n) is 9.67. The maximum Gasteiger partial charge on any atom is 0.416 e. The van der Waals surface area contributed by atoms with Gasteiger partial charge < -0.3 is 14.4 Å². The summed E-state index contributed by atoms with van der Waals surface area (Å²) in [5, 5.41) is 0. The van der Waals surface area contributed by atoms with Gasteiger partial charge in [-0.25, -0.2) is 0 Å². The van der Waals surface area contributed by atoms with E-state index in [1.807, 2.05) is 18.2 Å². The van der Waals surface area contributed by atoms with E-state index in [1.54, 1.807) is 25.2 Å². The molecule has 1 heterocycles. The van der Waals surface area contributed by atoms with E-state index in [1.165, 1.54) is 6.07 Å². The number of rotatable bonds is 6. The van der Waals surface area contributed by atoms with Crippen LogP contribution in [0.15, 0.2) is 42.5 Å². The van der Waals surface area contributed by atoms with Crippen molar-refractivity contribution in [3.8, 4) is 11.5 Å². The van der Waals surface area contributed by atoms with E-state index in [-0.39, 0.29) is 12.3 Å². The summed E-state index contributed by atoms with van der Waals surface area (Å²) in [5.74, 6) is 1.37. The van der Waals surface area contributed by atoms with Crippen molar-refractivity contribution < 1.29 is 27.4 Å². The predicted octanol–water partition coefficient (Wildman–Crippen LogP) is 3.61. The zero-order chi connectivity index (χ0) is 21.7. The van der Waals surface area contributed by atoms with E-state index in [9.17, 15) is 18.0 Å². The van der Waals surface area contributed by atoms with Gasteiger partial charge in [0.25, 0.3) is 0 Å². The Balaban J connectivity index is 1.56. The molecule has 0 spiro atoms. The highest BCUT2D eigenvalue weighted by Gasteiger charge is 2.30. The molecule has 2 aromatic carbocycles. The number of halogens is 3. The van der Waals surface area contributed by atoms with Crippen LogP contribution in [0.1, 0.15) is 16.7 Å². The average molecular weight is 422 g/mol. The lowest BCUT2D eigenvalue weighted by Gasteiger charge is -2.35. The third-order valence-corrected chi connectivity index (χ3v) is 5.22. The van der Waals surface area contributed by atoms with Crippen LogP contribution < -0.4 is 9.47 Å². The Kier molecular flexibility index (Phi) is 6.87. The molecule has 5 nitrogen and oxygen atoms in total. The van der Waals surface area contributed by atoms with Crippen LogP contribution >= 0.6 is 0 Å². The highest BCUT2D eigenvalue weighted by atomic mass is 19.4. The molecule has 162 valence electrons. The second-order valence-corrected chi connectivity index (χ2v) is 7.21. The molecule has 0 N–H and O–H groups in total. The van der Waals surface area contributed by atoms with Crippen LogP contribution in [0.2, 0.25) is 0 Å². The lowest BCUT2D eigenvalue weighted by atomic mass is 10.1. The monoisotopic (exact) mass is 422 g/mol. The number of methoxy groups -OCH3 is 2. The largest absolute Gasteiger partial charge is 0.497 e. The van der Waals surface area contributed by atoms with E-state index in [4.69, 9.17) is 9.47 Å². The van der Waals surface area contributed by atoms with Crippen molar-refractivity contribution in [2.24, 2.45) is 0 Å². The summed E-state index contributed by atoms with van der Waals surface area (Å²) in [6.45, 7) is 3.08. The van der Waals surface area contributed by atoms with Gasteiger partial charge in [0.1, 0.15) is 11.5 Å². The number of carbonyl (C=O) groups excluding carboxylic acids is 1. The van der Waals surface area contributed by atoms with Crippen molar-refractivity contribution in [3.05, 3.63) is 59.2 Å². The number of alkyl halides is 3. The number of amides is 1. The molecule has 30 heavy (non-hydrogen) atoms. The molecular weight excluding hydrogens is 397 g/mol. The summed E-state index contributed by atoms with van der Waals surface area (Å²) in [5.41, 5.74) is 0.642. The van der Waals surface area contributed by atoms with Gasteiger partial charge in [-0.05, 0) is 29.8 Å². The zero-order valence-electron chi connectivity index (χ0n) is 17.0. The molecule has 2 aromatic rings. The molecule has 1 amide bonds. The van der Waals surface area contributed by atoms with Gasteiger partial charge in [-0.3, -0.25) is 9.69 Å². The number of hydrogen-bond donors (Lipinski definition) is 0. The Bertz CT molecular complexity index is 878. The predicted molar refractivity (Wildman–Crippen MR) is 107 cm³/mol. The molecule has 0 bridgehead atoms. The molecule has 0 radical (unpaired) electrons. The molecule has 3 rings (SSSR count). The normalized spacial score (nSPS) is 15.2. The SMILES string of the molecule is COc1ccc(OC)c(CN2CCN(C(=O)Cc3cccc(C(F)(F)F)c3)CC2)c1. The van der Waals surface area contributed by atoms with Crippen molar-refractivity contribution in [1.82, 2.24) is 9.80 Å². The highest BCUT2D eigenvalue weighted by molar-refractivity contribution is 5.79. The second kappa shape index (κ2) is 9.38. The van der Waals surface area contributed by atoms with E-state index in [2.05, 4.69) is 4.90 Å². The summed E-state index contributed by atoms with van der Waals surface area (Å²) < 4.78 is 49.3. The minimum atomic E-state index is -4.41. The van der Waals surface area contributed by atoms with Crippen LogP contribution in [0.3, 0.4) is 0 Å². The van der Waals surface area contributed by atoms with Crippen molar-refractivity contribution in [1.29, 1.82) is 0 Å². The van der Waals surface area contributed by atoms with E-state index in [0.29, 0.717) is 38.3 Å². The minimum Gasteiger partial charge on any atom is -0.497 e. The van der Waals surface area contributed by atoms with Gasteiger partial charge >= 0.3 is 6.18 Å². The number of benzene rings is 2. The number of ether oxygens (including phenoxy) is 2. The maximum absolute atomic E-state index is 12.9. The molecule has 1 aliphatic heterocycles. The highest BCUT2D eigenvalue weighted by Crippen LogP contribution is 2.30. The Hall–Kier alpha value is -2.74. The van der Waals surface area contributed by atoms with Gasteiger partial charge in [0.2, 0.25) is 5.91 Å². The quantitative estimate of drug-likeness (QED) is 0.713. The molecule has 0 saturated carbocycles. The molecular formula is C22H25F3N2O3. The molecule has 8 heteroatoms. The first-order chi connectivity index (χ1) is 14.3. The zero-order valence-corrected chi connectivity index (χ0v) is 17.0. The van der Waals surface area contributed by atoms with E-state index < -0.39 is 11.7 Å². The third kappa shape index (κ3) is 5.44. The standard InChI is InChI=1S/C22H25F3N2O3/c1-29-19-6-7-20(30-2)17(14-19)15-26-8-10-27(11-9-26)21(28)13-16-4-3-5-18(12-16)22(23,24)25/h3-7,12,14H,8-11,13,15H2,1-2H3. The fourth-order valence-electron chi connectivity index (χ4n) is 3.55. The number of carbonyl (C=O) groups is 1. The van der Waals surface area contributed by atoms with Crippen LogP contribution in [-0.4, -0.2) is 56.1 Å². The molecule has 0 aliphatic carbocycles. The van der Waals surface area contributed by atoms with Gasteiger partial charge in [0.15, 0.2) is 0 Å². The van der Waals surface area contributed by atoms with Crippen LogP contribution in [-0.2, 0) is 23.9 Å². The van der Waals surface area contributed by atoms with Crippen molar-refractivity contribution in [3.63, 3.8) is 0 Å². The molecule has 1 fully saturated rings. The van der Waals surface area contributed by atoms with Crippen molar-refractivity contribution >= 4 is 5.91 Å². The summed E-state index contributed by atoms with van der Waals surface area (Å²) in [6, 6.07) is 10.6. The molecule has 1 saturated heterocycles. The fraction of sp³-hybridized carbons (Fsp3) is 0.409. The smallest absolute Gasteiger partial charge is 0.416 e. The average Bonchev–Trinajstić information content (AvgIpc) is 2.73. The van der Waals surface area contributed by atoms with E-state index >= 15 is 0 Å². The van der Waals surface area contributed by atoms with E-state index in [0.717, 1.165) is 29.2 Å². The Labute approximate surface area is 174 Å². The topological polar surface area (TPSA) is 42.0 Å². The van der Waals surface area contributed by atoms with Gasteiger partial charge in [0.05, 0.1) is 26.2 Å². The lowest BCUT2D eigenvalue weighted by Crippen LogP contribution is -2.48. The number of hydrogen-bond acceptors (Lipinski definition) is 4. The Morgan fingerprint density at radius 2 is 1.73 bits per heavy atom. The Morgan fingerprint density at radius 3 is 2.37 bits per heavy atom. The third-order valence-electron chi connectivity index (χ3n) is 5.22. The van der Waals surface area contributed by atoms with Crippen LogP contribution in [0.4, 0.5) is 13.2 Å². The first kappa shape index (κ1) is 22.0. The summed E-state index contributed by atoms with van der Waals surface area (Å²) >= 11 is 0. The number of nitrogens with zero attached hydrogens (tertiary/aromatic N) is 2. The van der Waals surface area contributed by atoms with Gasteiger partial charge in [-0.1, -0.05) is 18.2 Å². The molecule has 0 atom stereocenters. The first-order valence-corrected chi connectivity index (χ1v) is 9.67. The Morgan fingerprint density at radius 1 is 1.00 bits per heavy atom. The van der Waals surface area contributed by atoms with Crippen molar-refractivity contribution in [2.75, 3.05) is 40.4 Å². The fourth-order valence-corrected chi connectivity index (χ4v) is 3.55. The summed E-state index contributed by atoms with van der Waals surface area (Å²) in [7, 11) is 3.23. The van der Waals surface area contributed by atoms with Gasteiger partial charge in [-0.15, -0.1) is 0 Å². The van der Waals surface area contributed by atoms with Crippen LogP contribution in [0.25, 0.3) is 0 Å². The summed E-state index contributed by atoms with van der Waals surface area (Å²) in [4.78, 5) is 16.5. The molecule has 0 unspecified atom stereocenters. The summed E-state index contributed by atoms with van der Waals surface area (Å²) in [6.07, 6.45) is -4.44. The van der Waals surface area contributed by atoms with Crippen molar-refractivity contribution in [2.45, 2.75) is 19.1 Å². The molecule has 0 aromatic heterocycles. The van der Waals surface area contributed by atoms with Crippen LogP contribution in [0.5, 0.6) is 11.5 Å². The minimum absolute atomic E-state index is 0.0341. The van der Waals surface area contributed by atoms with Crippen LogP contribution in [0, 0.1) is 0 Å². The van der Waals surface area contributed by atoms with Gasteiger partial charge in [-0.2, -0.15) is 13.2 Å². The second-order valence-electron chi connectivity index (χ2n) is 7.21. The number of piperazine rings is 1. The molecule has 1 aliphatic rings. The maximum atomic E-state index is 12.9. The van der Waals surface area contributed by atoms with Gasteiger partial charge in [0, 0.05) is 38.3 Å². The lowest BCUT2D eigenvalue weighted by molar-refractivity contribution is -0.138.